The predicted octanol–water partition coefficient (Wildman–Crippen LogP) is 4.53. The van der Waals surface area contributed by atoms with Gasteiger partial charge in [-0.25, -0.2) is 0 Å². The largest absolute Gasteiger partial charge is 0.456 e. The molecule has 0 saturated heterocycles. The highest BCUT2D eigenvalue weighted by Gasteiger charge is 2.34. The number of thioether (sulfide) groups is 1. The van der Waals surface area contributed by atoms with E-state index in [2.05, 4.69) is 10.2 Å². The molecule has 2 aliphatic carbocycles. The highest BCUT2D eigenvalue weighted by molar-refractivity contribution is 8.01. The van der Waals surface area contributed by atoms with Crippen molar-refractivity contribution < 1.29 is 19.1 Å². The first-order valence-corrected chi connectivity index (χ1v) is 12.5. The Bertz CT molecular complexity index is 785. The molecular formula is C24H32N2O4S. The minimum Gasteiger partial charge on any atom is -0.456 e. The van der Waals surface area contributed by atoms with Crippen LogP contribution in [-0.2, 0) is 19.1 Å². The van der Waals surface area contributed by atoms with E-state index >= 15 is 0 Å². The Balaban J connectivity index is 1.32. The third-order valence-corrected chi connectivity index (χ3v) is 7.91. The van der Waals surface area contributed by atoms with Gasteiger partial charge in [-0.05, 0) is 37.8 Å². The topological polar surface area (TPSA) is 75.7 Å². The van der Waals surface area contributed by atoms with Gasteiger partial charge in [0.2, 0.25) is 5.91 Å². The average Bonchev–Trinajstić information content (AvgIpc) is 2.80. The number of amides is 2. The number of hydrogen-bond acceptors (Lipinski definition) is 5. The van der Waals surface area contributed by atoms with Crippen LogP contribution in [0.15, 0.2) is 29.2 Å². The number of carbonyl (C=O) groups excluding carboxylic acids is 3. The van der Waals surface area contributed by atoms with Crippen LogP contribution >= 0.6 is 11.8 Å². The Kier molecular flexibility index (Phi) is 7.54. The molecule has 0 bridgehead atoms. The fourth-order valence-electron chi connectivity index (χ4n) is 5.08. The molecule has 0 spiro atoms. The molecule has 1 heterocycles. The number of esters is 1. The van der Waals surface area contributed by atoms with Gasteiger partial charge in [-0.1, -0.05) is 50.7 Å². The highest BCUT2D eigenvalue weighted by Crippen LogP contribution is 2.36. The van der Waals surface area contributed by atoms with E-state index in [1.54, 1.807) is 0 Å². The zero-order valence-corrected chi connectivity index (χ0v) is 18.8. The molecule has 1 aromatic carbocycles. The van der Waals surface area contributed by atoms with Crippen molar-refractivity contribution in [2.45, 2.75) is 92.9 Å². The van der Waals surface area contributed by atoms with Crippen molar-refractivity contribution in [2.75, 3.05) is 11.9 Å². The van der Waals surface area contributed by atoms with E-state index in [-0.39, 0.29) is 36.9 Å². The fraction of sp³-hybridized carbons (Fsp3) is 0.625. The number of nitrogens with one attached hydrogen (secondary N) is 1. The van der Waals surface area contributed by atoms with Crippen LogP contribution < -0.4 is 5.32 Å². The van der Waals surface area contributed by atoms with Gasteiger partial charge in [0, 0.05) is 17.0 Å². The van der Waals surface area contributed by atoms with E-state index in [1.807, 2.05) is 24.3 Å². The van der Waals surface area contributed by atoms with E-state index in [0.29, 0.717) is 0 Å². The van der Waals surface area contributed by atoms with Crippen molar-refractivity contribution in [3.63, 3.8) is 0 Å². The molecule has 1 N–H and O–H groups in total. The minimum atomic E-state index is -0.537. The lowest BCUT2D eigenvalue weighted by Crippen LogP contribution is -2.50. The molecule has 0 aromatic heterocycles. The van der Waals surface area contributed by atoms with Crippen LogP contribution in [0.25, 0.3) is 0 Å². The second-order valence-corrected chi connectivity index (χ2v) is 10.1. The Morgan fingerprint density at radius 2 is 1.58 bits per heavy atom. The predicted molar refractivity (Wildman–Crippen MR) is 121 cm³/mol. The maximum absolute atomic E-state index is 13.1. The summed E-state index contributed by atoms with van der Waals surface area (Å²) in [5, 5.41) is 2.30. The summed E-state index contributed by atoms with van der Waals surface area (Å²) in [4.78, 5) is 40.9. The van der Waals surface area contributed by atoms with Gasteiger partial charge in [0.05, 0.1) is 17.4 Å². The number of nitrogens with zero attached hydrogens (tertiary/aromatic N) is 1. The van der Waals surface area contributed by atoms with E-state index in [0.717, 1.165) is 61.9 Å². The lowest BCUT2D eigenvalue weighted by molar-refractivity contribution is -0.155. The number of ether oxygens (including phenoxy) is 1. The van der Waals surface area contributed by atoms with Gasteiger partial charge < -0.3 is 15.0 Å². The number of rotatable bonds is 6. The smallest absolute Gasteiger partial charge is 0.307 e. The summed E-state index contributed by atoms with van der Waals surface area (Å²) in [5.74, 6) is -0.760. The summed E-state index contributed by atoms with van der Waals surface area (Å²) >= 11 is 1.37. The molecular weight excluding hydrogens is 412 g/mol. The van der Waals surface area contributed by atoms with Gasteiger partial charge in [-0.15, -0.1) is 11.8 Å². The van der Waals surface area contributed by atoms with E-state index in [9.17, 15) is 14.4 Å². The lowest BCUT2D eigenvalue weighted by Gasteiger charge is -2.41. The highest BCUT2D eigenvalue weighted by atomic mass is 32.2. The van der Waals surface area contributed by atoms with Crippen LogP contribution in [0.3, 0.4) is 0 Å². The summed E-state index contributed by atoms with van der Waals surface area (Å²) in [5.41, 5.74) is 0.771. The van der Waals surface area contributed by atoms with E-state index in [4.69, 9.17) is 4.74 Å². The SMILES string of the molecule is O=C(CC1Sc2ccccc2NC1=O)OCC(=O)N(C1CCCCC1)C1CCCCC1. The van der Waals surface area contributed by atoms with Crippen LogP contribution in [0.5, 0.6) is 0 Å². The van der Waals surface area contributed by atoms with Gasteiger partial charge in [0.25, 0.3) is 5.91 Å². The maximum Gasteiger partial charge on any atom is 0.307 e. The molecule has 3 aliphatic rings. The first kappa shape index (κ1) is 22.2. The van der Waals surface area contributed by atoms with Crippen molar-refractivity contribution in [3.05, 3.63) is 24.3 Å². The van der Waals surface area contributed by atoms with Crippen molar-refractivity contribution in [1.82, 2.24) is 4.90 Å². The number of carbonyl (C=O) groups is 3. The Labute approximate surface area is 188 Å². The molecule has 4 rings (SSSR count). The normalized spacial score (nSPS) is 22.3. The maximum atomic E-state index is 13.1. The number of fused-ring (bicyclic) bond motifs is 1. The second kappa shape index (κ2) is 10.5. The molecule has 1 aliphatic heterocycles. The molecule has 1 unspecified atom stereocenters. The third-order valence-electron chi connectivity index (χ3n) is 6.64. The second-order valence-electron chi connectivity index (χ2n) is 8.84. The van der Waals surface area contributed by atoms with Crippen molar-refractivity contribution >= 4 is 35.2 Å². The lowest BCUT2D eigenvalue weighted by atomic mass is 9.88. The quantitative estimate of drug-likeness (QED) is 0.653. The molecule has 0 radical (unpaired) electrons. The number of anilines is 1. The zero-order valence-electron chi connectivity index (χ0n) is 18.0. The van der Waals surface area contributed by atoms with Crippen LogP contribution in [0.1, 0.15) is 70.6 Å². The van der Waals surface area contributed by atoms with Gasteiger partial charge in [0.1, 0.15) is 0 Å². The standard InChI is InChI=1S/C24H32N2O4S/c27-22(26(17-9-3-1-4-10-17)18-11-5-2-6-12-18)16-30-23(28)15-21-24(29)25-19-13-7-8-14-20(19)31-21/h7-8,13-14,17-18,21H,1-6,9-12,15-16H2,(H,25,29). The summed E-state index contributed by atoms with van der Waals surface area (Å²) in [6, 6.07) is 8.09. The summed E-state index contributed by atoms with van der Waals surface area (Å²) < 4.78 is 5.38. The van der Waals surface area contributed by atoms with Crippen molar-refractivity contribution in [1.29, 1.82) is 0 Å². The summed E-state index contributed by atoms with van der Waals surface area (Å²) in [7, 11) is 0. The molecule has 168 valence electrons. The summed E-state index contributed by atoms with van der Waals surface area (Å²) in [6.45, 7) is -0.221. The van der Waals surface area contributed by atoms with Gasteiger partial charge in [-0.2, -0.15) is 0 Å². The Morgan fingerprint density at radius 1 is 0.968 bits per heavy atom. The first-order valence-electron chi connectivity index (χ1n) is 11.6. The third kappa shape index (κ3) is 5.62. The molecule has 6 nitrogen and oxygen atoms in total. The number of para-hydroxylation sites is 1. The van der Waals surface area contributed by atoms with Gasteiger partial charge in [-0.3, -0.25) is 14.4 Å². The van der Waals surface area contributed by atoms with E-state index < -0.39 is 11.2 Å². The molecule has 2 saturated carbocycles. The van der Waals surface area contributed by atoms with Crippen molar-refractivity contribution in [2.24, 2.45) is 0 Å². The van der Waals surface area contributed by atoms with Crippen LogP contribution in [0.4, 0.5) is 5.69 Å². The minimum absolute atomic E-state index is 0.0367. The van der Waals surface area contributed by atoms with E-state index in [1.165, 1.54) is 24.6 Å². The van der Waals surface area contributed by atoms with Gasteiger partial charge in [0.15, 0.2) is 6.61 Å². The summed E-state index contributed by atoms with van der Waals surface area (Å²) in [6.07, 6.45) is 11.3. The van der Waals surface area contributed by atoms with Crippen LogP contribution in [0, 0.1) is 0 Å². The average molecular weight is 445 g/mol. The molecule has 7 heteroatoms. The molecule has 2 fully saturated rings. The molecule has 1 aromatic rings. The fourth-order valence-corrected chi connectivity index (χ4v) is 6.17. The Morgan fingerprint density at radius 3 is 2.23 bits per heavy atom. The molecule has 1 atom stereocenters. The molecule has 31 heavy (non-hydrogen) atoms. The monoisotopic (exact) mass is 444 g/mol. The zero-order chi connectivity index (χ0) is 21.6. The van der Waals surface area contributed by atoms with Crippen LogP contribution in [0.2, 0.25) is 0 Å². The van der Waals surface area contributed by atoms with Crippen molar-refractivity contribution in [3.8, 4) is 0 Å². The number of hydrogen-bond donors (Lipinski definition) is 1. The first-order chi connectivity index (χ1) is 15.1. The van der Waals surface area contributed by atoms with Crippen LogP contribution in [-0.4, -0.2) is 46.6 Å². The number of benzene rings is 1. The van der Waals surface area contributed by atoms with Gasteiger partial charge >= 0.3 is 5.97 Å². The Hall–Kier alpha value is -2.02. The molecule has 2 amide bonds.